The molecule has 0 bridgehead atoms. The van der Waals surface area contributed by atoms with Crippen molar-refractivity contribution in [2.45, 2.75) is 13.8 Å². The molecular formula is C12H13N6. The maximum absolute atomic E-state index is 4.23. The number of tetrazole rings is 1. The molecule has 18 heavy (non-hydrogen) atoms. The molecule has 2 aliphatic rings. The van der Waals surface area contributed by atoms with Crippen molar-refractivity contribution in [3.8, 4) is 0 Å². The third-order valence-electron chi connectivity index (χ3n) is 2.96. The van der Waals surface area contributed by atoms with Gasteiger partial charge in [0.2, 0.25) is 0 Å². The molecule has 0 unspecified atom stereocenters. The average molecular weight is 241 g/mol. The van der Waals surface area contributed by atoms with E-state index in [2.05, 4.69) is 45.7 Å². The van der Waals surface area contributed by atoms with Gasteiger partial charge in [0.1, 0.15) is 0 Å². The van der Waals surface area contributed by atoms with Gasteiger partial charge in [0.05, 0.1) is 17.3 Å². The lowest BCUT2D eigenvalue weighted by atomic mass is 9.89. The molecule has 91 valence electrons. The fraction of sp³-hybridized carbons (Fsp3) is 0.333. The molecule has 1 aliphatic heterocycles. The highest BCUT2D eigenvalue weighted by molar-refractivity contribution is 6.31. The van der Waals surface area contributed by atoms with Crippen LogP contribution in [0.25, 0.3) is 0 Å². The third kappa shape index (κ3) is 1.61. The minimum Gasteiger partial charge on any atom is -0.231 e. The average Bonchev–Trinajstić information content (AvgIpc) is 2.93. The number of allylic oxidation sites excluding steroid dienone is 4. The molecule has 3 rings (SSSR count). The first-order valence-corrected chi connectivity index (χ1v) is 5.82. The van der Waals surface area contributed by atoms with E-state index in [0.29, 0.717) is 5.92 Å². The van der Waals surface area contributed by atoms with Gasteiger partial charge >= 0.3 is 0 Å². The molecule has 0 saturated carbocycles. The number of nitrogens with zero attached hydrogens (tertiary/aromatic N) is 6. The van der Waals surface area contributed by atoms with Gasteiger partial charge < -0.3 is 0 Å². The van der Waals surface area contributed by atoms with Crippen molar-refractivity contribution in [2.75, 3.05) is 0 Å². The number of fused-ring (bicyclic) bond motifs is 1. The molecule has 1 aromatic heterocycles. The van der Waals surface area contributed by atoms with E-state index in [1.165, 1.54) is 0 Å². The van der Waals surface area contributed by atoms with Crippen molar-refractivity contribution in [2.24, 2.45) is 23.2 Å². The van der Waals surface area contributed by atoms with E-state index in [-0.39, 0.29) is 0 Å². The normalized spacial score (nSPS) is 18.8. The van der Waals surface area contributed by atoms with Crippen LogP contribution in [-0.2, 0) is 7.05 Å². The summed E-state index contributed by atoms with van der Waals surface area (Å²) in [6.07, 6.45) is 5.97. The zero-order valence-corrected chi connectivity index (χ0v) is 10.5. The maximum atomic E-state index is 4.23. The van der Waals surface area contributed by atoms with Crippen molar-refractivity contribution in [1.82, 2.24) is 20.2 Å². The van der Waals surface area contributed by atoms with Crippen LogP contribution in [0.5, 0.6) is 0 Å². The van der Waals surface area contributed by atoms with E-state index in [4.69, 9.17) is 0 Å². The zero-order valence-electron chi connectivity index (χ0n) is 10.5. The van der Waals surface area contributed by atoms with Crippen molar-refractivity contribution in [3.05, 3.63) is 35.5 Å². The minimum atomic E-state index is 0.350. The second kappa shape index (κ2) is 3.97. The highest BCUT2D eigenvalue weighted by Gasteiger charge is 2.27. The van der Waals surface area contributed by atoms with Gasteiger partial charge in [-0.2, -0.15) is 10.2 Å². The molecule has 1 aromatic rings. The van der Waals surface area contributed by atoms with E-state index >= 15 is 0 Å². The van der Waals surface area contributed by atoms with Gasteiger partial charge in [0.25, 0.3) is 0 Å². The Kier molecular flexibility index (Phi) is 2.43. The molecule has 1 radical (unpaired) electrons. The molecule has 0 amide bonds. The van der Waals surface area contributed by atoms with E-state index in [0.717, 1.165) is 28.7 Å². The predicted molar refractivity (Wildman–Crippen MR) is 68.1 cm³/mol. The summed E-state index contributed by atoms with van der Waals surface area (Å²) in [5.41, 5.74) is 3.00. The van der Waals surface area contributed by atoms with Crippen LogP contribution in [0.4, 0.5) is 0 Å². The Balaban J connectivity index is 1.98. The standard InChI is InChI=1S/C12H13N6/c1-7(2)11-9-6-8(4-5-10(9)13-14-11)12-15-16-17-18(12)3/h4-7H,1-3H3. The lowest BCUT2D eigenvalue weighted by molar-refractivity contribution is 0.695. The Morgan fingerprint density at radius 2 is 2.00 bits per heavy atom. The van der Waals surface area contributed by atoms with E-state index < -0.39 is 0 Å². The summed E-state index contributed by atoms with van der Waals surface area (Å²) in [5, 5.41) is 19.9. The maximum Gasteiger partial charge on any atom is 0.166 e. The molecule has 0 N–H and O–H groups in total. The smallest absolute Gasteiger partial charge is 0.166 e. The lowest BCUT2D eigenvalue weighted by Crippen LogP contribution is -2.17. The fourth-order valence-electron chi connectivity index (χ4n) is 2.03. The summed E-state index contributed by atoms with van der Waals surface area (Å²) in [6, 6.07) is 0. The predicted octanol–water partition coefficient (Wildman–Crippen LogP) is 1.10. The lowest BCUT2D eigenvalue weighted by Gasteiger charge is -2.14. The Hall–Kier alpha value is -2.11. The van der Waals surface area contributed by atoms with Gasteiger partial charge in [-0.15, -0.1) is 5.10 Å². The quantitative estimate of drug-likeness (QED) is 0.778. The van der Waals surface area contributed by atoms with Gasteiger partial charge in [-0.1, -0.05) is 26.0 Å². The van der Waals surface area contributed by atoms with Crippen LogP contribution in [0.15, 0.2) is 34.0 Å². The highest BCUT2D eigenvalue weighted by atomic mass is 15.5. The van der Waals surface area contributed by atoms with Gasteiger partial charge in [-0.05, 0) is 22.4 Å². The minimum absolute atomic E-state index is 0.350. The molecule has 0 atom stereocenters. The number of rotatable bonds is 2. The van der Waals surface area contributed by atoms with Crippen LogP contribution in [-0.4, -0.2) is 31.6 Å². The molecule has 6 heteroatoms. The van der Waals surface area contributed by atoms with Gasteiger partial charge in [0.15, 0.2) is 5.82 Å². The molecule has 1 aliphatic carbocycles. The molecule has 0 aromatic carbocycles. The first kappa shape index (κ1) is 11.0. The highest BCUT2D eigenvalue weighted by Crippen LogP contribution is 2.27. The molecule has 0 fully saturated rings. The first-order valence-electron chi connectivity index (χ1n) is 5.82. The molecule has 6 nitrogen and oxygen atoms in total. The second-order valence-electron chi connectivity index (χ2n) is 4.60. The number of aryl methyl sites for hydroxylation is 1. The van der Waals surface area contributed by atoms with Crippen LogP contribution >= 0.6 is 0 Å². The Morgan fingerprint density at radius 1 is 1.17 bits per heavy atom. The molecule has 0 saturated heterocycles. The summed E-state index contributed by atoms with van der Waals surface area (Å²) in [7, 11) is 1.82. The third-order valence-corrected chi connectivity index (χ3v) is 2.96. The largest absolute Gasteiger partial charge is 0.231 e. The SMILES string of the molecule is CC(C)C1=NN=C2C=C[C](c3nnnn3C)C=C21. The van der Waals surface area contributed by atoms with Crippen molar-refractivity contribution in [1.29, 1.82) is 0 Å². The van der Waals surface area contributed by atoms with E-state index in [1.54, 1.807) is 4.68 Å². The second-order valence-corrected chi connectivity index (χ2v) is 4.60. The zero-order chi connectivity index (χ0) is 12.7. The fourth-order valence-corrected chi connectivity index (χ4v) is 2.03. The Bertz CT molecular complexity index is 602. The summed E-state index contributed by atoms with van der Waals surface area (Å²) in [4.78, 5) is 0. The molecule has 2 heterocycles. The Labute approximate surface area is 105 Å². The number of hydrogen-bond donors (Lipinski definition) is 0. The topological polar surface area (TPSA) is 68.3 Å². The summed E-state index contributed by atoms with van der Waals surface area (Å²) >= 11 is 0. The summed E-state index contributed by atoms with van der Waals surface area (Å²) < 4.78 is 1.65. The first-order chi connectivity index (χ1) is 8.66. The van der Waals surface area contributed by atoms with Crippen LogP contribution in [0.1, 0.15) is 19.7 Å². The van der Waals surface area contributed by atoms with E-state index in [1.807, 2.05) is 19.2 Å². The van der Waals surface area contributed by atoms with Gasteiger partial charge in [-0.3, -0.25) is 0 Å². The van der Waals surface area contributed by atoms with Gasteiger partial charge in [-0.25, -0.2) is 4.68 Å². The molecule has 0 spiro atoms. The number of hydrogen-bond acceptors (Lipinski definition) is 5. The summed E-state index contributed by atoms with van der Waals surface area (Å²) in [6.45, 7) is 4.22. The summed E-state index contributed by atoms with van der Waals surface area (Å²) in [5.74, 6) is 2.07. The van der Waals surface area contributed by atoms with Crippen LogP contribution in [0.3, 0.4) is 0 Å². The Morgan fingerprint density at radius 3 is 2.67 bits per heavy atom. The number of aromatic nitrogens is 4. The van der Waals surface area contributed by atoms with Crippen molar-refractivity contribution in [3.63, 3.8) is 0 Å². The van der Waals surface area contributed by atoms with Gasteiger partial charge in [0, 0.05) is 12.6 Å². The van der Waals surface area contributed by atoms with Crippen molar-refractivity contribution >= 4 is 11.4 Å². The van der Waals surface area contributed by atoms with Crippen molar-refractivity contribution < 1.29 is 0 Å². The monoisotopic (exact) mass is 241 g/mol. The molecular weight excluding hydrogens is 228 g/mol. The van der Waals surface area contributed by atoms with Crippen LogP contribution in [0.2, 0.25) is 0 Å². The van der Waals surface area contributed by atoms with Crippen LogP contribution < -0.4 is 0 Å². The van der Waals surface area contributed by atoms with Crippen LogP contribution in [0, 0.1) is 11.8 Å². The van der Waals surface area contributed by atoms with E-state index in [9.17, 15) is 0 Å².